The minimum absolute atomic E-state index is 0.00609. The van der Waals surface area contributed by atoms with Crippen LogP contribution in [0.25, 0.3) is 0 Å². The highest BCUT2D eigenvalue weighted by Crippen LogP contribution is 2.59. The quantitative estimate of drug-likeness (QED) is 0.240. The molecule has 0 aromatic heterocycles. The van der Waals surface area contributed by atoms with Gasteiger partial charge < -0.3 is 14.2 Å². The summed E-state index contributed by atoms with van der Waals surface area (Å²) in [6.45, 7) is -0.240. The maximum atomic E-state index is 6.54. The third-order valence-corrected chi connectivity index (χ3v) is 8.60. The number of halogens is 10. The minimum atomic E-state index is -2.09. The summed E-state index contributed by atoms with van der Waals surface area (Å²) in [5.41, 5.74) is -1.49. The van der Waals surface area contributed by atoms with Crippen LogP contribution in [0, 0.1) is 5.41 Å². The van der Waals surface area contributed by atoms with Crippen molar-refractivity contribution in [1.82, 2.24) is 0 Å². The van der Waals surface area contributed by atoms with Gasteiger partial charge in [-0.2, -0.15) is 0 Å². The second kappa shape index (κ2) is 9.27. The van der Waals surface area contributed by atoms with Gasteiger partial charge in [0.1, 0.15) is 21.5 Å². The molecule has 0 amide bonds. The van der Waals surface area contributed by atoms with Crippen molar-refractivity contribution in [2.45, 2.75) is 9.04 Å². The summed E-state index contributed by atoms with van der Waals surface area (Å²) in [5, 5.41) is 0.530. The van der Waals surface area contributed by atoms with Gasteiger partial charge in [-0.1, -0.05) is 116 Å². The van der Waals surface area contributed by atoms with Gasteiger partial charge in [-0.05, 0) is 24.3 Å². The number of rotatable bonds is 6. The monoisotopic (exact) mass is 610 g/mol. The average Bonchev–Trinajstić information content (AvgIpc) is 2.61. The van der Waals surface area contributed by atoms with Gasteiger partial charge in [-0.25, -0.2) is 0 Å². The maximum Gasteiger partial charge on any atom is 0.274 e. The van der Waals surface area contributed by atoms with Gasteiger partial charge in [0.2, 0.25) is 0 Å². The third kappa shape index (κ3) is 4.48. The fourth-order valence-electron chi connectivity index (χ4n) is 2.46. The summed E-state index contributed by atoms with van der Waals surface area (Å²) < 4.78 is 12.5. The second-order valence-corrected chi connectivity index (χ2v) is 11.0. The van der Waals surface area contributed by atoms with Gasteiger partial charge in [0, 0.05) is 0 Å². The van der Waals surface area contributed by atoms with Crippen molar-refractivity contribution in [1.29, 1.82) is 0 Å². The van der Waals surface area contributed by atoms with Crippen LogP contribution < -0.4 is 9.47 Å². The van der Waals surface area contributed by atoms with E-state index in [-0.39, 0.29) is 54.8 Å². The molecule has 0 unspecified atom stereocenters. The highest BCUT2D eigenvalue weighted by molar-refractivity contribution is 6.53. The number of benzene rings is 2. The van der Waals surface area contributed by atoms with Crippen molar-refractivity contribution in [3.63, 3.8) is 0 Å². The second-order valence-electron chi connectivity index (χ2n) is 6.16. The summed E-state index contributed by atoms with van der Waals surface area (Å²) in [6.07, 6.45) is 0. The first-order valence-electron chi connectivity index (χ1n) is 7.81. The van der Waals surface area contributed by atoms with Gasteiger partial charge in [-0.3, -0.25) is 0 Å². The number of hydrogen-bond acceptors (Lipinski definition) is 3. The first-order chi connectivity index (χ1) is 13.8. The molecular formula is C17H8Cl10O3. The molecule has 13 heteroatoms. The Morgan fingerprint density at radius 2 is 1.00 bits per heavy atom. The summed E-state index contributed by atoms with van der Waals surface area (Å²) in [5.74, 6) is 0.0816. The molecule has 30 heavy (non-hydrogen) atoms. The van der Waals surface area contributed by atoms with Gasteiger partial charge in [0.05, 0.1) is 33.3 Å². The highest BCUT2D eigenvalue weighted by atomic mass is 35.5. The van der Waals surface area contributed by atoms with E-state index in [9.17, 15) is 0 Å². The van der Waals surface area contributed by atoms with Crippen LogP contribution in [0.1, 0.15) is 0 Å². The minimum Gasteiger partial charge on any atom is -0.455 e. The Kier molecular flexibility index (Phi) is 7.89. The lowest BCUT2D eigenvalue weighted by atomic mass is 9.86. The molecule has 0 radical (unpaired) electrons. The molecule has 164 valence electrons. The molecule has 1 aliphatic rings. The molecule has 1 saturated heterocycles. The molecule has 0 aliphatic carbocycles. The summed E-state index contributed by atoms with van der Waals surface area (Å²) >= 11 is 62.5. The lowest BCUT2D eigenvalue weighted by molar-refractivity contribution is -0.194. The fourth-order valence-corrected chi connectivity index (χ4v) is 5.08. The molecule has 1 fully saturated rings. The van der Waals surface area contributed by atoms with Gasteiger partial charge in [0.15, 0.2) is 5.41 Å². The zero-order valence-electron chi connectivity index (χ0n) is 14.2. The predicted octanol–water partition coefficient (Wildman–Crippen LogP) is 9.34. The van der Waals surface area contributed by atoms with Crippen molar-refractivity contribution in [2.24, 2.45) is 5.41 Å². The van der Waals surface area contributed by atoms with E-state index in [0.29, 0.717) is 0 Å². The Labute approximate surface area is 222 Å². The molecule has 2 aromatic carbocycles. The van der Waals surface area contributed by atoms with E-state index in [1.807, 2.05) is 0 Å². The molecule has 0 atom stereocenters. The van der Waals surface area contributed by atoms with Crippen LogP contribution in [0.5, 0.6) is 11.5 Å². The van der Waals surface area contributed by atoms with E-state index < -0.39 is 14.5 Å². The van der Waals surface area contributed by atoms with Crippen molar-refractivity contribution < 1.29 is 14.2 Å². The predicted molar refractivity (Wildman–Crippen MR) is 126 cm³/mol. The number of alkyl halides is 4. The van der Waals surface area contributed by atoms with E-state index in [1.165, 1.54) is 24.3 Å². The van der Waals surface area contributed by atoms with E-state index in [4.69, 9.17) is 130 Å². The fraction of sp³-hybridized carbons (Fsp3) is 0.294. The highest BCUT2D eigenvalue weighted by Gasteiger charge is 2.70. The topological polar surface area (TPSA) is 27.7 Å². The molecule has 0 spiro atoms. The SMILES string of the molecule is Clc1ccc(OC(Cl)(Cl)C2(C(Cl)(Cl)Oc3ccc(Cl)c(Cl)c3Cl)COC2)c(Cl)c1Cl. The lowest BCUT2D eigenvalue weighted by Gasteiger charge is -2.52. The zero-order valence-corrected chi connectivity index (χ0v) is 21.8. The van der Waals surface area contributed by atoms with E-state index in [2.05, 4.69) is 0 Å². The van der Waals surface area contributed by atoms with Gasteiger partial charge in [-0.15, -0.1) is 0 Å². The molecule has 2 aromatic rings. The van der Waals surface area contributed by atoms with Crippen LogP contribution in [0.15, 0.2) is 24.3 Å². The van der Waals surface area contributed by atoms with E-state index in [0.717, 1.165) is 0 Å². The van der Waals surface area contributed by atoms with Crippen LogP contribution in [0.4, 0.5) is 0 Å². The van der Waals surface area contributed by atoms with Crippen molar-refractivity contribution >= 4 is 116 Å². The van der Waals surface area contributed by atoms with Crippen LogP contribution in [0.3, 0.4) is 0 Å². The Bertz CT molecular complexity index is 901. The van der Waals surface area contributed by atoms with Crippen LogP contribution in [0.2, 0.25) is 30.1 Å². The average molecular weight is 615 g/mol. The van der Waals surface area contributed by atoms with Crippen LogP contribution in [-0.4, -0.2) is 22.3 Å². The smallest absolute Gasteiger partial charge is 0.274 e. The Morgan fingerprint density at radius 1 is 0.633 bits per heavy atom. The Balaban J connectivity index is 1.95. The third-order valence-electron chi connectivity index (χ3n) is 4.29. The van der Waals surface area contributed by atoms with Gasteiger partial charge in [0.25, 0.3) is 9.04 Å². The maximum absolute atomic E-state index is 6.54. The molecule has 1 aliphatic heterocycles. The first-order valence-corrected chi connectivity index (χ1v) is 11.6. The molecule has 0 saturated carbocycles. The molecule has 3 nitrogen and oxygen atoms in total. The summed E-state index contributed by atoms with van der Waals surface area (Å²) in [7, 11) is 0. The summed E-state index contributed by atoms with van der Waals surface area (Å²) in [6, 6.07) is 5.79. The molecule has 3 rings (SSSR count). The van der Waals surface area contributed by atoms with E-state index in [1.54, 1.807) is 0 Å². The molecule has 1 heterocycles. The Hall–Kier alpha value is 0.900. The van der Waals surface area contributed by atoms with E-state index >= 15 is 0 Å². The van der Waals surface area contributed by atoms with Crippen molar-refractivity contribution in [3.05, 3.63) is 54.4 Å². The lowest BCUT2D eigenvalue weighted by Crippen LogP contribution is -2.67. The number of hydrogen-bond donors (Lipinski definition) is 0. The molecular weight excluding hydrogens is 607 g/mol. The van der Waals surface area contributed by atoms with Crippen molar-refractivity contribution in [2.75, 3.05) is 13.2 Å². The normalized spacial score (nSPS) is 16.2. The van der Waals surface area contributed by atoms with Crippen LogP contribution in [-0.2, 0) is 4.74 Å². The summed E-state index contributed by atoms with van der Waals surface area (Å²) in [4.78, 5) is 0. The van der Waals surface area contributed by atoms with Crippen molar-refractivity contribution in [3.8, 4) is 11.5 Å². The van der Waals surface area contributed by atoms with Gasteiger partial charge >= 0.3 is 0 Å². The molecule has 0 bridgehead atoms. The Morgan fingerprint density at radius 3 is 1.30 bits per heavy atom. The zero-order chi connectivity index (χ0) is 22.5. The van der Waals surface area contributed by atoms with Crippen LogP contribution >= 0.6 is 116 Å². The standard InChI is InChI=1S/C17H8Cl10O3/c18-7-1-3-9(13(22)11(7)20)29-16(24,25)15(5-28-6-15)17(26,27)30-10-4-2-8(19)12(21)14(10)23/h1-4H,5-6H2. The molecule has 0 N–H and O–H groups in total. The first kappa shape index (κ1) is 25.5. The number of ether oxygens (including phenoxy) is 3. The largest absolute Gasteiger partial charge is 0.455 e.